The predicted molar refractivity (Wildman–Crippen MR) is 88.2 cm³/mol. The second-order valence-electron chi connectivity index (χ2n) is 6.15. The molecule has 0 radical (unpaired) electrons. The first-order valence-electron chi connectivity index (χ1n) is 7.56. The first-order chi connectivity index (χ1) is 10.0. The van der Waals surface area contributed by atoms with E-state index in [0.717, 1.165) is 0 Å². The molecule has 2 aromatic rings. The van der Waals surface area contributed by atoms with Gasteiger partial charge >= 0.3 is 0 Å². The quantitative estimate of drug-likeness (QED) is 0.845. The molecule has 0 saturated carbocycles. The Kier molecular flexibility index (Phi) is 5.16. The highest BCUT2D eigenvalue weighted by molar-refractivity contribution is 5.31. The molecule has 0 bridgehead atoms. The lowest BCUT2D eigenvalue weighted by Crippen LogP contribution is -2.43. The minimum absolute atomic E-state index is 0.0950. The van der Waals surface area contributed by atoms with E-state index in [9.17, 15) is 5.11 Å². The predicted octanol–water partition coefficient (Wildman–Crippen LogP) is 3.77. The van der Waals surface area contributed by atoms with Gasteiger partial charge in [-0.1, -0.05) is 74.5 Å². The van der Waals surface area contributed by atoms with Gasteiger partial charge in [-0.3, -0.25) is 0 Å². The number of hydrogen-bond acceptors (Lipinski definition) is 2. The van der Waals surface area contributed by atoms with Gasteiger partial charge in [0.1, 0.15) is 0 Å². The van der Waals surface area contributed by atoms with E-state index in [2.05, 4.69) is 29.6 Å². The van der Waals surface area contributed by atoms with Crippen LogP contribution in [-0.2, 0) is 0 Å². The van der Waals surface area contributed by atoms with Crippen LogP contribution >= 0.6 is 0 Å². The molecule has 0 heterocycles. The summed E-state index contributed by atoms with van der Waals surface area (Å²) in [6.07, 6.45) is 0. The normalized spacial score (nSPS) is 14.4. The van der Waals surface area contributed by atoms with Crippen LogP contribution in [0.4, 0.5) is 0 Å². The van der Waals surface area contributed by atoms with Gasteiger partial charge in [0.2, 0.25) is 0 Å². The summed E-state index contributed by atoms with van der Waals surface area (Å²) in [5.41, 5.74) is 1.70. The molecule has 21 heavy (non-hydrogen) atoms. The van der Waals surface area contributed by atoms with Gasteiger partial charge in [-0.15, -0.1) is 0 Å². The maximum atomic E-state index is 10.5. The van der Waals surface area contributed by atoms with Crippen molar-refractivity contribution in [3.8, 4) is 0 Å². The summed E-state index contributed by atoms with van der Waals surface area (Å²) in [6, 6.07) is 20.8. The summed E-state index contributed by atoms with van der Waals surface area (Å²) in [6.45, 7) is 6.53. The first-order valence-corrected chi connectivity index (χ1v) is 7.56. The number of hydrogen-bond donors (Lipinski definition) is 2. The van der Waals surface area contributed by atoms with E-state index in [1.807, 2.05) is 57.2 Å². The second-order valence-corrected chi connectivity index (χ2v) is 6.15. The first kappa shape index (κ1) is 15.7. The summed E-state index contributed by atoms with van der Waals surface area (Å²) in [5, 5.41) is 14.0. The van der Waals surface area contributed by atoms with Crippen LogP contribution in [0.2, 0.25) is 0 Å². The molecule has 2 N–H and O–H groups in total. The molecule has 2 aromatic carbocycles. The Morgan fingerprint density at radius 3 is 1.71 bits per heavy atom. The molecule has 1 atom stereocenters. The standard InChI is InChI=1S/C19H25NO/c1-15(2)19(3,21)14-20-18(16-10-6-4-7-11-16)17-12-8-5-9-13-17/h4-13,15,18,20-21H,14H2,1-3H3. The third-order valence-electron chi connectivity index (χ3n) is 4.17. The molecule has 0 aromatic heterocycles. The van der Waals surface area contributed by atoms with E-state index in [0.29, 0.717) is 6.54 Å². The Balaban J connectivity index is 2.22. The van der Waals surface area contributed by atoms with Crippen LogP contribution in [0.5, 0.6) is 0 Å². The summed E-state index contributed by atoms with van der Waals surface area (Å²) in [5.74, 6) is 0.206. The third-order valence-corrected chi connectivity index (χ3v) is 4.17. The fourth-order valence-electron chi connectivity index (χ4n) is 2.23. The highest BCUT2D eigenvalue weighted by atomic mass is 16.3. The van der Waals surface area contributed by atoms with Crippen molar-refractivity contribution < 1.29 is 5.11 Å². The Labute approximate surface area is 127 Å². The van der Waals surface area contributed by atoms with E-state index < -0.39 is 5.60 Å². The maximum Gasteiger partial charge on any atom is 0.0766 e. The van der Waals surface area contributed by atoms with Crippen molar-refractivity contribution in [3.05, 3.63) is 71.8 Å². The van der Waals surface area contributed by atoms with E-state index in [-0.39, 0.29) is 12.0 Å². The van der Waals surface area contributed by atoms with E-state index in [1.165, 1.54) is 11.1 Å². The Hall–Kier alpha value is -1.64. The van der Waals surface area contributed by atoms with Crippen molar-refractivity contribution in [1.82, 2.24) is 5.32 Å². The zero-order valence-electron chi connectivity index (χ0n) is 13.1. The van der Waals surface area contributed by atoms with Crippen molar-refractivity contribution in [2.45, 2.75) is 32.4 Å². The van der Waals surface area contributed by atoms with E-state index in [1.54, 1.807) is 0 Å². The van der Waals surface area contributed by atoms with Gasteiger partial charge in [-0.05, 0) is 24.0 Å². The molecule has 0 saturated heterocycles. The van der Waals surface area contributed by atoms with Crippen LogP contribution < -0.4 is 5.32 Å². The van der Waals surface area contributed by atoms with Gasteiger partial charge in [0.25, 0.3) is 0 Å². The minimum Gasteiger partial charge on any atom is -0.389 e. The monoisotopic (exact) mass is 283 g/mol. The second kappa shape index (κ2) is 6.88. The van der Waals surface area contributed by atoms with Gasteiger partial charge < -0.3 is 10.4 Å². The van der Waals surface area contributed by atoms with Gasteiger partial charge in [0.15, 0.2) is 0 Å². The molecule has 0 aliphatic rings. The van der Waals surface area contributed by atoms with Crippen molar-refractivity contribution in [3.63, 3.8) is 0 Å². The lowest BCUT2D eigenvalue weighted by molar-refractivity contribution is 0.0127. The van der Waals surface area contributed by atoms with Crippen molar-refractivity contribution >= 4 is 0 Å². The SMILES string of the molecule is CC(C)C(C)(O)CNC(c1ccccc1)c1ccccc1. The molecule has 112 valence electrons. The third kappa shape index (κ3) is 4.16. The summed E-state index contributed by atoms with van der Waals surface area (Å²) in [4.78, 5) is 0. The van der Waals surface area contributed by atoms with Crippen LogP contribution in [-0.4, -0.2) is 17.3 Å². The minimum atomic E-state index is -0.720. The zero-order valence-corrected chi connectivity index (χ0v) is 13.1. The van der Waals surface area contributed by atoms with Crippen LogP contribution in [0.3, 0.4) is 0 Å². The largest absolute Gasteiger partial charge is 0.389 e. The zero-order chi connectivity index (χ0) is 15.3. The van der Waals surface area contributed by atoms with E-state index in [4.69, 9.17) is 0 Å². The average molecular weight is 283 g/mol. The number of rotatable bonds is 6. The van der Waals surface area contributed by atoms with Crippen LogP contribution in [0.25, 0.3) is 0 Å². The summed E-state index contributed by atoms with van der Waals surface area (Å²) < 4.78 is 0. The highest BCUT2D eigenvalue weighted by Gasteiger charge is 2.26. The number of aliphatic hydroxyl groups is 1. The Bertz CT molecular complexity index is 495. The van der Waals surface area contributed by atoms with Crippen LogP contribution in [0, 0.1) is 5.92 Å². The number of benzene rings is 2. The van der Waals surface area contributed by atoms with Crippen molar-refractivity contribution in [2.75, 3.05) is 6.54 Å². The van der Waals surface area contributed by atoms with E-state index >= 15 is 0 Å². The van der Waals surface area contributed by atoms with Gasteiger partial charge in [-0.25, -0.2) is 0 Å². The molecular weight excluding hydrogens is 258 g/mol. The van der Waals surface area contributed by atoms with Gasteiger partial charge in [0, 0.05) is 6.54 Å². The molecule has 0 spiro atoms. The molecule has 1 unspecified atom stereocenters. The van der Waals surface area contributed by atoms with Gasteiger partial charge in [-0.2, -0.15) is 0 Å². The number of nitrogens with one attached hydrogen (secondary N) is 1. The Morgan fingerprint density at radius 1 is 0.905 bits per heavy atom. The van der Waals surface area contributed by atoms with Gasteiger partial charge in [0.05, 0.1) is 11.6 Å². The smallest absolute Gasteiger partial charge is 0.0766 e. The molecule has 0 amide bonds. The fraction of sp³-hybridized carbons (Fsp3) is 0.368. The van der Waals surface area contributed by atoms with Crippen LogP contribution in [0.15, 0.2) is 60.7 Å². The highest BCUT2D eigenvalue weighted by Crippen LogP contribution is 2.23. The summed E-state index contributed by atoms with van der Waals surface area (Å²) in [7, 11) is 0. The summed E-state index contributed by atoms with van der Waals surface area (Å²) >= 11 is 0. The molecule has 2 nitrogen and oxygen atoms in total. The lowest BCUT2D eigenvalue weighted by atomic mass is 9.91. The lowest BCUT2D eigenvalue weighted by Gasteiger charge is -2.31. The topological polar surface area (TPSA) is 32.3 Å². The molecule has 0 aliphatic heterocycles. The molecule has 0 fully saturated rings. The average Bonchev–Trinajstić information content (AvgIpc) is 2.49. The Morgan fingerprint density at radius 2 is 1.33 bits per heavy atom. The molecular formula is C19H25NO. The molecule has 2 rings (SSSR count). The maximum absolute atomic E-state index is 10.5. The molecule has 2 heteroatoms. The van der Waals surface area contributed by atoms with Crippen molar-refractivity contribution in [1.29, 1.82) is 0 Å². The van der Waals surface area contributed by atoms with Crippen molar-refractivity contribution in [2.24, 2.45) is 5.92 Å². The molecule has 0 aliphatic carbocycles. The van der Waals surface area contributed by atoms with Crippen LogP contribution in [0.1, 0.15) is 37.9 Å². The fourth-order valence-corrected chi connectivity index (χ4v) is 2.23.